The summed E-state index contributed by atoms with van der Waals surface area (Å²) in [6, 6.07) is -0.961. The Morgan fingerprint density at radius 3 is 2.67 bits per heavy atom. The van der Waals surface area contributed by atoms with Gasteiger partial charge < -0.3 is 31.1 Å². The number of carboxylic acid groups (broad SMARTS) is 1. The number of aromatic nitrogens is 4. The number of imidazole rings is 1. The van der Waals surface area contributed by atoms with Crippen molar-refractivity contribution in [1.82, 2.24) is 19.5 Å². The largest absolute Gasteiger partial charge is 0.480 e. The number of thiol groups is 1. The highest BCUT2D eigenvalue weighted by molar-refractivity contribution is 8.16. The number of fused-ring (bicyclic) bond motifs is 1. The molecule has 3 heterocycles. The van der Waals surface area contributed by atoms with Crippen LogP contribution in [-0.2, 0) is 24.4 Å². The molecule has 0 radical (unpaired) electrons. The van der Waals surface area contributed by atoms with E-state index >= 15 is 0 Å². The zero-order valence-corrected chi connectivity index (χ0v) is 21.0. The van der Waals surface area contributed by atoms with Gasteiger partial charge in [0.2, 0.25) is 5.91 Å². The average Bonchev–Trinajstić information content (AvgIpc) is 3.33. The number of nitrogens with one attached hydrogen (secondary N) is 1. The topological polar surface area (TPSA) is 240 Å². The Bertz CT molecular complexity index is 1190. The molecule has 0 aliphatic carbocycles. The number of nitrogens with zero attached hydrogens (tertiary/aromatic N) is 4. The molecule has 0 bridgehead atoms. The fourth-order valence-electron chi connectivity index (χ4n) is 3.73. The van der Waals surface area contributed by atoms with E-state index in [1.807, 2.05) is 6.26 Å². The third-order valence-corrected chi connectivity index (χ3v) is 8.47. The highest BCUT2D eigenvalue weighted by atomic mass is 32.2. The van der Waals surface area contributed by atoms with Gasteiger partial charge in [-0.1, -0.05) is 0 Å². The number of carboxylic acids is 1. The molecule has 6 atom stereocenters. The molecule has 15 nitrogen and oxygen atoms in total. The first-order chi connectivity index (χ1) is 16.9. The first-order valence-electron chi connectivity index (χ1n) is 11.0. The molecule has 1 saturated heterocycles. The number of carbonyl (C=O) groups is 2. The number of nitrogens with two attached hydrogens (primary N) is 1. The number of aliphatic hydroxyl groups excluding tert-OH is 2. The van der Waals surface area contributed by atoms with Crippen molar-refractivity contribution >= 4 is 49.9 Å². The van der Waals surface area contributed by atoms with Crippen LogP contribution in [0.2, 0.25) is 0 Å². The second-order valence-corrected chi connectivity index (χ2v) is 12.6. The van der Waals surface area contributed by atoms with E-state index < -0.39 is 69.2 Å². The summed E-state index contributed by atoms with van der Waals surface area (Å²) < 4.78 is 37.7. The predicted octanol–water partition coefficient (Wildman–Crippen LogP) is -1.51. The van der Waals surface area contributed by atoms with E-state index in [4.69, 9.17) is 20.1 Å². The van der Waals surface area contributed by atoms with Crippen LogP contribution in [-0.4, -0.2) is 108 Å². The molecule has 202 valence electrons. The van der Waals surface area contributed by atoms with E-state index in [1.165, 1.54) is 17.2 Å². The number of ether oxygens (including phenoxy) is 1. The van der Waals surface area contributed by atoms with Gasteiger partial charge >= 0.3 is 5.97 Å². The van der Waals surface area contributed by atoms with Crippen molar-refractivity contribution in [3.8, 4) is 0 Å². The number of anilines is 1. The Morgan fingerprint density at radius 1 is 1.28 bits per heavy atom. The van der Waals surface area contributed by atoms with Crippen LogP contribution in [0.3, 0.4) is 0 Å². The van der Waals surface area contributed by atoms with Gasteiger partial charge in [0, 0.05) is 12.2 Å². The number of aliphatic hydroxyl groups is 2. The molecule has 0 saturated carbocycles. The molecule has 2 aromatic rings. The second kappa shape index (κ2) is 11.8. The van der Waals surface area contributed by atoms with Crippen LogP contribution in [0.15, 0.2) is 12.7 Å². The molecular formula is C19H30N6O9S2. The van der Waals surface area contributed by atoms with E-state index in [-0.39, 0.29) is 29.8 Å². The molecule has 7 N–H and O–H groups in total. The van der Waals surface area contributed by atoms with E-state index in [0.29, 0.717) is 17.9 Å². The van der Waals surface area contributed by atoms with Gasteiger partial charge in [-0.3, -0.25) is 29.6 Å². The number of carbonyl (C=O) groups excluding carboxylic acids is 1. The monoisotopic (exact) mass is 550 g/mol. The fraction of sp³-hybridized carbons (Fsp3) is 0.632. The minimum Gasteiger partial charge on any atom is -0.480 e. The van der Waals surface area contributed by atoms with Gasteiger partial charge in [-0.25, -0.2) is 15.0 Å². The van der Waals surface area contributed by atoms with Gasteiger partial charge in [-0.05, 0) is 24.9 Å². The minimum absolute atomic E-state index is 0.0621. The average molecular weight is 551 g/mol. The van der Waals surface area contributed by atoms with Crippen LogP contribution in [0.1, 0.15) is 25.5 Å². The lowest BCUT2D eigenvalue weighted by Gasteiger charge is -2.23. The lowest BCUT2D eigenvalue weighted by Crippen LogP contribution is -2.34. The number of amides is 1. The maximum Gasteiger partial charge on any atom is 0.320 e. The molecule has 1 fully saturated rings. The summed E-state index contributed by atoms with van der Waals surface area (Å²) in [4.78, 5) is 35.4. The summed E-state index contributed by atoms with van der Waals surface area (Å²) in [6.07, 6.45) is 0.233. The number of aliphatic carboxylic acids is 1. The first kappa shape index (κ1) is 28.2. The van der Waals surface area contributed by atoms with E-state index in [2.05, 4.69) is 20.3 Å². The molecule has 0 aromatic carbocycles. The Kier molecular flexibility index (Phi) is 9.20. The lowest BCUT2D eigenvalue weighted by atomic mass is 10.1. The lowest BCUT2D eigenvalue weighted by molar-refractivity contribution is -0.138. The quantitative estimate of drug-likeness (QED) is 0.117. The second-order valence-electron chi connectivity index (χ2n) is 8.53. The van der Waals surface area contributed by atoms with Gasteiger partial charge in [-0.2, -0.15) is 8.42 Å². The van der Waals surface area contributed by atoms with Gasteiger partial charge in [0.1, 0.15) is 24.6 Å². The summed E-state index contributed by atoms with van der Waals surface area (Å²) >= 11 is 0. The van der Waals surface area contributed by atoms with Crippen LogP contribution >= 0.6 is 10.9 Å². The summed E-state index contributed by atoms with van der Waals surface area (Å²) in [6.45, 7) is 0. The molecule has 2 aromatic heterocycles. The Balaban J connectivity index is 1.67. The molecule has 1 aliphatic rings. The molecule has 0 spiro atoms. The molecule has 1 amide bonds. The normalized spacial score (nSPS) is 24.5. The van der Waals surface area contributed by atoms with E-state index in [9.17, 15) is 28.2 Å². The number of hydrogen-bond donors (Lipinski definition) is 7. The smallest absolute Gasteiger partial charge is 0.320 e. The standard InChI is InChI=1S/C19H30N6O9S2/c1-35(5-4-10(20)19(29)30)7-11-14(27)15(28)18(34-11)25-9-23-13-16(21-8-22-17(13)25)24-12(26)3-2-6-36(31,32)33/h8-11,14-15,18,27-28,35H,2-7,20H2,1H3,(H,29,30)(H,31,32,33)(H,21,22,24,26)/t10?,11-,14?,15?,18-/m1/s1. The number of rotatable bonds is 12. The third kappa shape index (κ3) is 7.09. The minimum atomic E-state index is -4.17. The molecule has 3 rings (SSSR count). The van der Waals surface area contributed by atoms with Gasteiger partial charge in [0.25, 0.3) is 10.1 Å². The van der Waals surface area contributed by atoms with Crippen molar-refractivity contribution in [2.75, 3.05) is 28.8 Å². The summed E-state index contributed by atoms with van der Waals surface area (Å²) in [5.41, 5.74) is 5.97. The van der Waals surface area contributed by atoms with Crippen LogP contribution < -0.4 is 11.1 Å². The Morgan fingerprint density at radius 2 is 2.00 bits per heavy atom. The van der Waals surface area contributed by atoms with Crippen LogP contribution in [0.25, 0.3) is 11.2 Å². The van der Waals surface area contributed by atoms with Crippen LogP contribution in [0.4, 0.5) is 5.82 Å². The van der Waals surface area contributed by atoms with E-state index in [0.717, 1.165) is 0 Å². The van der Waals surface area contributed by atoms with Gasteiger partial charge in [-0.15, -0.1) is 0 Å². The summed E-state index contributed by atoms with van der Waals surface area (Å²) in [5, 5.41) is 32.6. The molecule has 1 aliphatic heterocycles. The van der Waals surface area contributed by atoms with Crippen molar-refractivity contribution < 1.29 is 42.6 Å². The van der Waals surface area contributed by atoms with Crippen molar-refractivity contribution in [1.29, 1.82) is 0 Å². The molecule has 17 heteroatoms. The van der Waals surface area contributed by atoms with Crippen molar-refractivity contribution in [3.05, 3.63) is 12.7 Å². The predicted molar refractivity (Wildman–Crippen MR) is 130 cm³/mol. The van der Waals surface area contributed by atoms with Crippen molar-refractivity contribution in [3.63, 3.8) is 0 Å². The van der Waals surface area contributed by atoms with Crippen molar-refractivity contribution in [2.45, 2.75) is 49.8 Å². The highest BCUT2D eigenvalue weighted by Gasteiger charge is 2.44. The van der Waals surface area contributed by atoms with Crippen molar-refractivity contribution in [2.24, 2.45) is 5.73 Å². The zero-order chi connectivity index (χ0) is 26.6. The van der Waals surface area contributed by atoms with Gasteiger partial charge in [0.05, 0.1) is 18.2 Å². The Hall–Kier alpha value is -2.41. The molecule has 36 heavy (non-hydrogen) atoms. The zero-order valence-electron chi connectivity index (χ0n) is 19.3. The number of hydrogen-bond acceptors (Lipinski definition) is 11. The highest BCUT2D eigenvalue weighted by Crippen LogP contribution is 2.36. The summed E-state index contributed by atoms with van der Waals surface area (Å²) in [5.74, 6) is -1.13. The first-order valence-corrected chi connectivity index (χ1v) is 14.7. The van der Waals surface area contributed by atoms with Crippen LogP contribution in [0, 0.1) is 0 Å². The van der Waals surface area contributed by atoms with E-state index in [1.54, 1.807) is 0 Å². The SMILES string of the molecule is C[SH](CCC(N)C(=O)O)C[C@H]1O[C@@H](n2cnc3c(NC(=O)CCCS(=O)(=O)O)ncnc32)C(O)C1O. The maximum absolute atomic E-state index is 12.2. The third-order valence-electron chi connectivity index (χ3n) is 5.66. The summed E-state index contributed by atoms with van der Waals surface area (Å²) in [7, 11) is -4.90. The Labute approximate surface area is 209 Å². The maximum atomic E-state index is 12.2. The fourth-order valence-corrected chi connectivity index (χ4v) is 6.06. The van der Waals surface area contributed by atoms with Crippen LogP contribution in [0.5, 0.6) is 0 Å². The molecule has 4 unspecified atom stereocenters. The van der Waals surface area contributed by atoms with Gasteiger partial charge in [0.15, 0.2) is 23.2 Å². The molecular weight excluding hydrogens is 520 g/mol.